The molecule has 0 amide bonds. The number of rotatable bonds is 2. The molecule has 5 nitrogen and oxygen atoms in total. The monoisotopic (exact) mass is 253 g/mol. The van der Waals surface area contributed by atoms with Gasteiger partial charge in [0.25, 0.3) is 0 Å². The van der Waals surface area contributed by atoms with Gasteiger partial charge in [-0.25, -0.2) is 9.78 Å². The smallest absolute Gasteiger partial charge is 0.335 e. The number of carboxylic acids is 1. The quantitative estimate of drug-likeness (QED) is 0.612. The molecule has 0 saturated heterocycles. The molecule has 3 aromatic rings. The van der Waals surface area contributed by atoms with E-state index >= 15 is 0 Å². The highest BCUT2D eigenvalue weighted by Gasteiger charge is 2.11. The number of para-hydroxylation sites is 2. The van der Waals surface area contributed by atoms with E-state index in [1.807, 2.05) is 24.3 Å². The van der Waals surface area contributed by atoms with E-state index in [1.165, 1.54) is 12.1 Å². The van der Waals surface area contributed by atoms with Gasteiger partial charge >= 0.3 is 5.97 Å². The number of hydrogen-bond donors (Lipinski definition) is 3. The molecule has 0 bridgehead atoms. The van der Waals surface area contributed by atoms with Crippen LogP contribution in [0, 0.1) is 0 Å². The summed E-state index contributed by atoms with van der Waals surface area (Å²) in [4.78, 5) is 18.5. The summed E-state index contributed by atoms with van der Waals surface area (Å²) in [6.45, 7) is 0. The van der Waals surface area contributed by atoms with Crippen molar-refractivity contribution in [3.8, 4) is 11.4 Å². The molecule has 4 N–H and O–H groups in total. The van der Waals surface area contributed by atoms with Crippen LogP contribution < -0.4 is 5.73 Å². The summed E-state index contributed by atoms with van der Waals surface area (Å²) in [5, 5.41) is 8.91. The Labute approximate surface area is 108 Å². The Bertz CT molecular complexity index is 744. The number of imidazole rings is 1. The minimum Gasteiger partial charge on any atom is -0.478 e. The SMILES string of the molecule is Nc1cc(C(=O)O)ccc1-c1nc2ccccc2[nH]1. The van der Waals surface area contributed by atoms with Crippen LogP contribution in [0.1, 0.15) is 10.4 Å². The van der Waals surface area contributed by atoms with Gasteiger partial charge in [-0.2, -0.15) is 0 Å². The van der Waals surface area contributed by atoms with Gasteiger partial charge in [0.1, 0.15) is 5.82 Å². The first-order valence-corrected chi connectivity index (χ1v) is 5.73. The van der Waals surface area contributed by atoms with E-state index in [0.717, 1.165) is 11.0 Å². The zero-order valence-electron chi connectivity index (χ0n) is 9.92. The Hall–Kier alpha value is -2.82. The first-order valence-electron chi connectivity index (χ1n) is 5.73. The number of nitrogens with two attached hydrogens (primary N) is 1. The van der Waals surface area contributed by atoms with E-state index in [1.54, 1.807) is 6.07 Å². The highest BCUT2D eigenvalue weighted by Crippen LogP contribution is 2.26. The summed E-state index contributed by atoms with van der Waals surface area (Å²) in [5.74, 6) is -0.363. The third-order valence-electron chi connectivity index (χ3n) is 2.94. The number of benzene rings is 2. The second-order valence-corrected chi connectivity index (χ2v) is 4.21. The first-order chi connectivity index (χ1) is 9.15. The largest absolute Gasteiger partial charge is 0.478 e. The number of hydrogen-bond acceptors (Lipinski definition) is 3. The van der Waals surface area contributed by atoms with Crippen LogP contribution >= 0.6 is 0 Å². The second kappa shape index (κ2) is 4.13. The predicted molar refractivity (Wildman–Crippen MR) is 72.9 cm³/mol. The Morgan fingerprint density at radius 2 is 2.00 bits per heavy atom. The van der Waals surface area contributed by atoms with Crippen LogP contribution in [-0.2, 0) is 0 Å². The number of nitrogen functional groups attached to an aromatic ring is 1. The fourth-order valence-corrected chi connectivity index (χ4v) is 1.99. The highest BCUT2D eigenvalue weighted by atomic mass is 16.4. The Morgan fingerprint density at radius 3 is 2.68 bits per heavy atom. The molecule has 0 radical (unpaired) electrons. The van der Waals surface area contributed by atoms with Gasteiger partial charge in [0, 0.05) is 11.3 Å². The zero-order chi connectivity index (χ0) is 13.4. The number of H-pyrrole nitrogens is 1. The minimum absolute atomic E-state index is 0.164. The highest BCUT2D eigenvalue weighted by molar-refractivity contribution is 5.91. The normalized spacial score (nSPS) is 10.7. The third kappa shape index (κ3) is 1.91. The molecule has 1 aromatic heterocycles. The lowest BCUT2D eigenvalue weighted by Crippen LogP contribution is -1.99. The average molecular weight is 253 g/mol. The number of aromatic nitrogens is 2. The fraction of sp³-hybridized carbons (Fsp3) is 0. The molecule has 5 heteroatoms. The van der Waals surface area contributed by atoms with Crippen molar-refractivity contribution in [2.45, 2.75) is 0 Å². The summed E-state index contributed by atoms with van der Waals surface area (Å²) >= 11 is 0. The number of carbonyl (C=O) groups is 1. The van der Waals surface area contributed by atoms with Crippen molar-refractivity contribution in [2.24, 2.45) is 0 Å². The summed E-state index contributed by atoms with van der Waals surface area (Å²) in [6.07, 6.45) is 0. The maximum absolute atomic E-state index is 10.9. The van der Waals surface area contributed by atoms with Crippen LogP contribution in [0.3, 0.4) is 0 Å². The standard InChI is InChI=1S/C14H11N3O2/c15-10-7-8(14(18)19)5-6-9(10)13-16-11-3-1-2-4-12(11)17-13/h1-7H,15H2,(H,16,17)(H,18,19). The van der Waals surface area contributed by atoms with Gasteiger partial charge in [0.2, 0.25) is 0 Å². The van der Waals surface area contributed by atoms with Gasteiger partial charge in [-0.05, 0) is 30.3 Å². The molecule has 0 atom stereocenters. The number of aromatic amines is 1. The second-order valence-electron chi connectivity index (χ2n) is 4.21. The number of anilines is 1. The van der Waals surface area contributed by atoms with E-state index in [0.29, 0.717) is 17.1 Å². The van der Waals surface area contributed by atoms with Crippen LogP contribution in [0.25, 0.3) is 22.4 Å². The van der Waals surface area contributed by atoms with Crippen LogP contribution in [0.4, 0.5) is 5.69 Å². The van der Waals surface area contributed by atoms with Gasteiger partial charge in [0.05, 0.1) is 16.6 Å². The molecule has 0 fully saturated rings. The van der Waals surface area contributed by atoms with Gasteiger partial charge in [-0.15, -0.1) is 0 Å². The predicted octanol–water partition coefficient (Wildman–Crippen LogP) is 2.51. The van der Waals surface area contributed by atoms with Crippen molar-refractivity contribution < 1.29 is 9.90 Å². The number of fused-ring (bicyclic) bond motifs is 1. The molecule has 0 spiro atoms. The Morgan fingerprint density at radius 1 is 1.21 bits per heavy atom. The average Bonchev–Trinajstić information content (AvgIpc) is 2.81. The lowest BCUT2D eigenvalue weighted by atomic mass is 10.1. The van der Waals surface area contributed by atoms with E-state index in [2.05, 4.69) is 9.97 Å². The molecule has 19 heavy (non-hydrogen) atoms. The lowest BCUT2D eigenvalue weighted by molar-refractivity contribution is 0.0697. The maximum atomic E-state index is 10.9. The number of carboxylic acid groups (broad SMARTS) is 1. The Balaban J connectivity index is 2.13. The minimum atomic E-state index is -0.997. The molecule has 0 unspecified atom stereocenters. The summed E-state index contributed by atoms with van der Waals surface area (Å²) < 4.78 is 0. The van der Waals surface area contributed by atoms with Gasteiger partial charge in [-0.3, -0.25) is 0 Å². The van der Waals surface area contributed by atoms with Crippen molar-refractivity contribution in [3.63, 3.8) is 0 Å². The number of nitrogens with one attached hydrogen (secondary N) is 1. The molecule has 0 aliphatic carbocycles. The molecule has 1 heterocycles. The molecule has 0 aliphatic heterocycles. The summed E-state index contributed by atoms with van der Waals surface area (Å²) in [5.41, 5.74) is 8.90. The molecule has 94 valence electrons. The van der Waals surface area contributed by atoms with Crippen molar-refractivity contribution in [1.29, 1.82) is 0 Å². The fourth-order valence-electron chi connectivity index (χ4n) is 1.99. The molecule has 0 aliphatic rings. The maximum Gasteiger partial charge on any atom is 0.335 e. The number of nitrogens with zero attached hydrogens (tertiary/aromatic N) is 1. The molecule has 2 aromatic carbocycles. The third-order valence-corrected chi connectivity index (χ3v) is 2.94. The van der Waals surface area contributed by atoms with Crippen LogP contribution in [0.2, 0.25) is 0 Å². The lowest BCUT2D eigenvalue weighted by Gasteiger charge is -2.03. The van der Waals surface area contributed by atoms with Gasteiger partial charge < -0.3 is 15.8 Å². The van der Waals surface area contributed by atoms with Crippen molar-refractivity contribution in [2.75, 3.05) is 5.73 Å². The number of aromatic carboxylic acids is 1. The first kappa shape index (κ1) is 11.3. The van der Waals surface area contributed by atoms with Crippen LogP contribution in [0.5, 0.6) is 0 Å². The summed E-state index contributed by atoms with van der Waals surface area (Å²) in [6, 6.07) is 12.3. The molecular formula is C14H11N3O2. The van der Waals surface area contributed by atoms with Crippen molar-refractivity contribution in [3.05, 3.63) is 48.0 Å². The molecule has 0 saturated carbocycles. The van der Waals surface area contributed by atoms with Crippen LogP contribution in [0.15, 0.2) is 42.5 Å². The topological polar surface area (TPSA) is 92.0 Å². The van der Waals surface area contributed by atoms with Gasteiger partial charge in [0.15, 0.2) is 0 Å². The molecular weight excluding hydrogens is 242 g/mol. The zero-order valence-corrected chi connectivity index (χ0v) is 9.92. The molecule has 3 rings (SSSR count). The van der Waals surface area contributed by atoms with Crippen molar-refractivity contribution in [1.82, 2.24) is 9.97 Å². The van der Waals surface area contributed by atoms with Gasteiger partial charge in [-0.1, -0.05) is 12.1 Å². The van der Waals surface area contributed by atoms with Crippen molar-refractivity contribution >= 4 is 22.7 Å². The Kier molecular flexibility index (Phi) is 2.45. The van der Waals surface area contributed by atoms with E-state index in [9.17, 15) is 4.79 Å². The summed E-state index contributed by atoms with van der Waals surface area (Å²) in [7, 11) is 0. The van der Waals surface area contributed by atoms with E-state index in [4.69, 9.17) is 10.8 Å². The van der Waals surface area contributed by atoms with E-state index < -0.39 is 5.97 Å². The van der Waals surface area contributed by atoms with Crippen LogP contribution in [-0.4, -0.2) is 21.0 Å². The van der Waals surface area contributed by atoms with E-state index in [-0.39, 0.29) is 5.56 Å².